The molecule has 0 aromatic heterocycles. The Morgan fingerprint density at radius 2 is 2.11 bits per heavy atom. The number of carbonyl (C=O) groups excluding carboxylic acids is 1. The minimum Gasteiger partial charge on any atom is -0.478 e. The van der Waals surface area contributed by atoms with Gasteiger partial charge in [0.25, 0.3) is 0 Å². The van der Waals surface area contributed by atoms with E-state index in [9.17, 15) is 9.59 Å². The van der Waals surface area contributed by atoms with Gasteiger partial charge in [0, 0.05) is 17.9 Å². The van der Waals surface area contributed by atoms with E-state index >= 15 is 0 Å². The largest absolute Gasteiger partial charge is 0.478 e. The van der Waals surface area contributed by atoms with E-state index in [2.05, 4.69) is 10.6 Å². The van der Waals surface area contributed by atoms with Crippen LogP contribution in [0.3, 0.4) is 0 Å². The van der Waals surface area contributed by atoms with E-state index in [0.717, 1.165) is 6.42 Å². The zero-order chi connectivity index (χ0) is 14.4. The molecule has 0 aliphatic heterocycles. The summed E-state index contributed by atoms with van der Waals surface area (Å²) >= 11 is 0. The molecule has 0 saturated carbocycles. The minimum atomic E-state index is -1.09. The fraction of sp³-hybridized carbons (Fsp3) is 0.385. The van der Waals surface area contributed by atoms with Gasteiger partial charge in [-0.2, -0.15) is 0 Å². The van der Waals surface area contributed by atoms with Crippen molar-refractivity contribution in [2.24, 2.45) is 0 Å². The second-order valence-electron chi connectivity index (χ2n) is 4.26. The number of hydrogen-bond acceptors (Lipinski definition) is 4. The van der Waals surface area contributed by atoms with Crippen molar-refractivity contribution in [3.8, 4) is 0 Å². The summed E-state index contributed by atoms with van der Waals surface area (Å²) in [7, 11) is 0. The number of carboxylic acids is 1. The second-order valence-corrected chi connectivity index (χ2v) is 4.26. The number of nitrogen functional groups attached to an aromatic ring is 1. The van der Waals surface area contributed by atoms with Crippen molar-refractivity contribution < 1.29 is 14.7 Å². The van der Waals surface area contributed by atoms with Gasteiger partial charge in [0.1, 0.15) is 6.04 Å². The molecule has 0 aliphatic carbocycles. The highest BCUT2D eigenvalue weighted by Gasteiger charge is 2.14. The first kappa shape index (κ1) is 14.8. The number of hydrogen-bond donors (Lipinski definition) is 4. The molecule has 19 heavy (non-hydrogen) atoms. The molecule has 1 rings (SSSR count). The topological polar surface area (TPSA) is 104 Å². The Kier molecular flexibility index (Phi) is 5.17. The summed E-state index contributed by atoms with van der Waals surface area (Å²) in [5, 5.41) is 14.7. The van der Waals surface area contributed by atoms with Crippen molar-refractivity contribution in [1.82, 2.24) is 5.32 Å². The van der Waals surface area contributed by atoms with Crippen LogP contribution in [0.4, 0.5) is 11.4 Å². The van der Waals surface area contributed by atoms with Gasteiger partial charge >= 0.3 is 5.97 Å². The van der Waals surface area contributed by atoms with E-state index in [-0.39, 0.29) is 17.2 Å². The summed E-state index contributed by atoms with van der Waals surface area (Å²) in [5.41, 5.74) is 6.32. The zero-order valence-corrected chi connectivity index (χ0v) is 11.1. The maximum Gasteiger partial charge on any atom is 0.337 e. The van der Waals surface area contributed by atoms with Gasteiger partial charge in [0.15, 0.2) is 0 Å². The van der Waals surface area contributed by atoms with Crippen LogP contribution in [-0.2, 0) is 4.79 Å². The van der Waals surface area contributed by atoms with Gasteiger partial charge in [-0.05, 0) is 31.5 Å². The molecule has 6 nitrogen and oxygen atoms in total. The van der Waals surface area contributed by atoms with Crippen LogP contribution in [0.5, 0.6) is 0 Å². The number of carboxylic acid groups (broad SMARTS) is 1. The molecular formula is C13H19N3O3. The van der Waals surface area contributed by atoms with E-state index < -0.39 is 12.0 Å². The normalized spacial score (nSPS) is 11.7. The lowest BCUT2D eigenvalue weighted by Gasteiger charge is -2.15. The third kappa shape index (κ3) is 4.17. The molecule has 0 saturated heterocycles. The maximum atomic E-state index is 11.7. The monoisotopic (exact) mass is 265 g/mol. The third-order valence-electron chi connectivity index (χ3n) is 2.61. The predicted molar refractivity (Wildman–Crippen MR) is 74.2 cm³/mol. The number of carbonyl (C=O) groups is 2. The summed E-state index contributed by atoms with van der Waals surface area (Å²) in [6.45, 7) is 4.30. The van der Waals surface area contributed by atoms with Crippen molar-refractivity contribution in [2.75, 3.05) is 17.6 Å². The molecule has 1 atom stereocenters. The Bertz CT molecular complexity index is 474. The summed E-state index contributed by atoms with van der Waals surface area (Å²) < 4.78 is 0. The molecule has 0 fully saturated rings. The first-order chi connectivity index (χ1) is 8.95. The van der Waals surface area contributed by atoms with E-state index in [1.807, 2.05) is 6.92 Å². The SMILES string of the molecule is CCCNC(=O)C(C)Nc1ccc(N)c(C(=O)O)c1. The Balaban J connectivity index is 2.74. The molecule has 0 bridgehead atoms. The first-order valence-corrected chi connectivity index (χ1v) is 6.12. The van der Waals surface area contributed by atoms with Crippen LogP contribution in [0.15, 0.2) is 18.2 Å². The molecule has 0 heterocycles. The highest BCUT2D eigenvalue weighted by Crippen LogP contribution is 2.18. The molecule has 104 valence electrons. The maximum absolute atomic E-state index is 11.7. The second kappa shape index (κ2) is 6.63. The highest BCUT2D eigenvalue weighted by molar-refractivity contribution is 5.95. The minimum absolute atomic E-state index is 0.0196. The zero-order valence-electron chi connectivity index (χ0n) is 11.1. The number of rotatable bonds is 6. The molecule has 0 spiro atoms. The van der Waals surface area contributed by atoms with Crippen LogP contribution < -0.4 is 16.4 Å². The van der Waals surface area contributed by atoms with Crippen LogP contribution >= 0.6 is 0 Å². The predicted octanol–water partition coefficient (Wildman–Crippen LogP) is 1.29. The lowest BCUT2D eigenvalue weighted by molar-refractivity contribution is -0.121. The van der Waals surface area contributed by atoms with Gasteiger partial charge in [0.2, 0.25) is 5.91 Å². The third-order valence-corrected chi connectivity index (χ3v) is 2.61. The average Bonchev–Trinajstić information content (AvgIpc) is 2.37. The van der Waals surface area contributed by atoms with Crippen molar-refractivity contribution in [3.05, 3.63) is 23.8 Å². The van der Waals surface area contributed by atoms with Crippen LogP contribution in [0.1, 0.15) is 30.6 Å². The molecule has 1 amide bonds. The number of nitrogens with two attached hydrogens (primary N) is 1. The van der Waals surface area contributed by atoms with E-state index in [4.69, 9.17) is 10.8 Å². The Hall–Kier alpha value is -2.24. The average molecular weight is 265 g/mol. The lowest BCUT2D eigenvalue weighted by atomic mass is 10.1. The summed E-state index contributed by atoms with van der Waals surface area (Å²) in [6, 6.07) is 4.12. The van der Waals surface area contributed by atoms with E-state index in [1.54, 1.807) is 13.0 Å². The van der Waals surface area contributed by atoms with Crippen molar-refractivity contribution >= 4 is 23.3 Å². The van der Waals surface area contributed by atoms with Crippen LogP contribution in [0, 0.1) is 0 Å². The fourth-order valence-corrected chi connectivity index (χ4v) is 1.55. The number of anilines is 2. The quantitative estimate of drug-likeness (QED) is 0.580. The first-order valence-electron chi connectivity index (χ1n) is 6.12. The molecular weight excluding hydrogens is 246 g/mol. The molecule has 6 heteroatoms. The van der Waals surface area contributed by atoms with Gasteiger partial charge in [-0.15, -0.1) is 0 Å². The van der Waals surface area contributed by atoms with Crippen LogP contribution in [0.2, 0.25) is 0 Å². The van der Waals surface area contributed by atoms with Gasteiger partial charge in [-0.25, -0.2) is 4.79 Å². The van der Waals surface area contributed by atoms with E-state index in [1.165, 1.54) is 12.1 Å². The van der Waals surface area contributed by atoms with E-state index in [0.29, 0.717) is 12.2 Å². The van der Waals surface area contributed by atoms with Gasteiger partial charge in [-0.1, -0.05) is 6.92 Å². The molecule has 5 N–H and O–H groups in total. The molecule has 1 unspecified atom stereocenters. The van der Waals surface area contributed by atoms with Gasteiger partial charge in [0.05, 0.1) is 5.56 Å². The number of aromatic carboxylic acids is 1. The molecule has 1 aromatic carbocycles. The van der Waals surface area contributed by atoms with Crippen molar-refractivity contribution in [2.45, 2.75) is 26.3 Å². The molecule has 0 radical (unpaired) electrons. The summed E-state index contributed by atoms with van der Waals surface area (Å²) in [4.78, 5) is 22.6. The lowest BCUT2D eigenvalue weighted by Crippen LogP contribution is -2.37. The van der Waals surface area contributed by atoms with Crippen LogP contribution in [0.25, 0.3) is 0 Å². The van der Waals surface area contributed by atoms with Crippen LogP contribution in [-0.4, -0.2) is 29.6 Å². The smallest absolute Gasteiger partial charge is 0.337 e. The number of amides is 1. The molecule has 0 aliphatic rings. The Morgan fingerprint density at radius 3 is 2.68 bits per heavy atom. The summed E-state index contributed by atoms with van der Waals surface area (Å²) in [5.74, 6) is -1.22. The fourth-order valence-electron chi connectivity index (χ4n) is 1.55. The van der Waals surface area contributed by atoms with Gasteiger partial charge in [-0.3, -0.25) is 4.79 Å². The standard InChI is InChI=1S/C13H19N3O3/c1-3-6-15-12(17)8(2)16-9-4-5-11(14)10(7-9)13(18)19/h4-5,7-8,16H,3,6,14H2,1-2H3,(H,15,17)(H,18,19). The van der Waals surface area contributed by atoms with Crippen molar-refractivity contribution in [3.63, 3.8) is 0 Å². The Labute approximate surface area is 112 Å². The number of nitrogens with one attached hydrogen (secondary N) is 2. The molecule has 1 aromatic rings. The Morgan fingerprint density at radius 1 is 1.42 bits per heavy atom. The number of benzene rings is 1. The highest BCUT2D eigenvalue weighted by atomic mass is 16.4. The summed E-state index contributed by atoms with van der Waals surface area (Å²) in [6.07, 6.45) is 0.865. The van der Waals surface area contributed by atoms with Gasteiger partial charge < -0.3 is 21.5 Å². The van der Waals surface area contributed by atoms with Crippen molar-refractivity contribution in [1.29, 1.82) is 0 Å².